The third-order valence-corrected chi connectivity index (χ3v) is 8.58. The molecule has 1 aromatic heterocycles. The lowest BCUT2D eigenvalue weighted by molar-refractivity contribution is -0.116. The molecule has 0 radical (unpaired) electrons. The Kier molecular flexibility index (Phi) is 7.87. The molecule has 10 heteroatoms. The summed E-state index contributed by atoms with van der Waals surface area (Å²) < 4.78 is 44.1. The molecule has 5 rings (SSSR count). The molecule has 2 N–H and O–H groups in total. The molecule has 0 aliphatic carbocycles. The number of nitrogens with one attached hydrogen (secondary N) is 2. The molecule has 210 valence electrons. The summed E-state index contributed by atoms with van der Waals surface area (Å²) in [6.45, 7) is 3.60. The number of anilines is 2. The molecule has 0 aliphatic rings. The lowest BCUT2D eigenvalue weighted by Crippen LogP contribution is -2.37. The van der Waals surface area contributed by atoms with Gasteiger partial charge in [-0.2, -0.15) is 4.31 Å². The van der Waals surface area contributed by atoms with Gasteiger partial charge in [0.15, 0.2) is 0 Å². The molecule has 8 nitrogen and oxygen atoms in total. The topological polar surface area (TPSA) is 101 Å². The van der Waals surface area contributed by atoms with E-state index >= 15 is 0 Å². The zero-order valence-corrected chi connectivity index (χ0v) is 23.4. The Labute approximate surface area is 237 Å². The molecule has 1 heterocycles. The van der Waals surface area contributed by atoms with Crippen LogP contribution in [0.1, 0.15) is 19.4 Å². The molecule has 4 aromatic carbocycles. The van der Waals surface area contributed by atoms with Gasteiger partial charge in [-0.15, -0.1) is 0 Å². The van der Waals surface area contributed by atoms with Gasteiger partial charge in [0.05, 0.1) is 11.4 Å². The number of fused-ring (bicyclic) bond motifs is 3. The zero-order chi connectivity index (χ0) is 29.1. The molecule has 5 aromatic rings. The third kappa shape index (κ3) is 5.98. The molecule has 0 atom stereocenters. The van der Waals surface area contributed by atoms with Crippen LogP contribution >= 0.6 is 0 Å². The summed E-state index contributed by atoms with van der Waals surface area (Å²) in [5, 5.41) is 7.48. The first-order valence-electron chi connectivity index (χ1n) is 13.1. The highest BCUT2D eigenvalue weighted by atomic mass is 32.2. The Morgan fingerprint density at radius 2 is 1.49 bits per heavy atom. The van der Waals surface area contributed by atoms with Gasteiger partial charge in [-0.3, -0.25) is 9.59 Å². The van der Waals surface area contributed by atoms with Crippen LogP contribution in [-0.2, 0) is 32.7 Å². The minimum absolute atomic E-state index is 0.0460. The molecule has 0 bridgehead atoms. The van der Waals surface area contributed by atoms with Gasteiger partial charge < -0.3 is 15.2 Å². The van der Waals surface area contributed by atoms with E-state index in [0.717, 1.165) is 32.7 Å². The Morgan fingerprint density at radius 1 is 0.829 bits per heavy atom. The van der Waals surface area contributed by atoms with E-state index in [2.05, 4.69) is 28.2 Å². The highest BCUT2D eigenvalue weighted by molar-refractivity contribution is 7.89. The minimum Gasteiger partial charge on any atom is -0.341 e. The van der Waals surface area contributed by atoms with Gasteiger partial charge in [0.2, 0.25) is 21.8 Å². The van der Waals surface area contributed by atoms with Crippen LogP contribution in [0.15, 0.2) is 95.9 Å². The highest BCUT2D eigenvalue weighted by Crippen LogP contribution is 2.31. The Morgan fingerprint density at radius 3 is 2.17 bits per heavy atom. The number of aromatic nitrogens is 1. The highest BCUT2D eigenvalue weighted by Gasteiger charge is 2.27. The number of benzene rings is 4. The van der Waals surface area contributed by atoms with Crippen LogP contribution in [0.5, 0.6) is 0 Å². The molecule has 2 amide bonds. The summed E-state index contributed by atoms with van der Waals surface area (Å²) in [5.74, 6) is -1.26. The normalized spacial score (nSPS) is 11.7. The predicted octanol–water partition coefficient (Wildman–Crippen LogP) is 5.74. The van der Waals surface area contributed by atoms with Crippen molar-refractivity contribution < 1.29 is 22.4 Å². The molecule has 0 unspecified atom stereocenters. The van der Waals surface area contributed by atoms with E-state index in [4.69, 9.17) is 0 Å². The summed E-state index contributed by atoms with van der Waals surface area (Å²) >= 11 is 0. The van der Waals surface area contributed by atoms with Crippen LogP contribution in [0, 0.1) is 5.82 Å². The van der Waals surface area contributed by atoms with E-state index in [1.54, 1.807) is 6.07 Å². The number of carbonyl (C=O) groups excluding carboxylic acids is 2. The SMILES string of the molecule is CCn1c2ccccc2c2cc(NC(=O)CN(Cc3ccc(F)cc3)S(=O)(=O)c3ccc(NC(C)=O)cc3)ccc21. The van der Waals surface area contributed by atoms with Crippen LogP contribution in [0.2, 0.25) is 0 Å². The second-order valence-electron chi connectivity index (χ2n) is 9.65. The summed E-state index contributed by atoms with van der Waals surface area (Å²) in [4.78, 5) is 24.6. The number of sulfonamides is 1. The average molecular weight is 573 g/mol. The van der Waals surface area contributed by atoms with Crippen LogP contribution in [0.3, 0.4) is 0 Å². The molecular formula is C31H29FN4O4S. The summed E-state index contributed by atoms with van der Waals surface area (Å²) in [6, 6.07) is 24.8. The molecule has 0 saturated heterocycles. The first-order valence-corrected chi connectivity index (χ1v) is 14.5. The van der Waals surface area contributed by atoms with E-state index < -0.39 is 28.3 Å². The maximum absolute atomic E-state index is 13.7. The Bertz CT molecular complexity index is 1850. The van der Waals surface area contributed by atoms with Crippen LogP contribution in [0.25, 0.3) is 21.8 Å². The molecule has 0 fully saturated rings. The number of rotatable bonds is 9. The van der Waals surface area contributed by atoms with E-state index in [1.807, 2.05) is 30.3 Å². The smallest absolute Gasteiger partial charge is 0.243 e. The standard InChI is InChI=1S/C31H29FN4O4S/c1-3-36-29-7-5-4-6-27(29)28-18-25(14-17-30(28)36)34-31(38)20-35(19-22-8-10-23(32)11-9-22)41(39,40)26-15-12-24(13-16-26)33-21(2)37/h4-18H,3,19-20H2,1-2H3,(H,33,37)(H,34,38). The van der Waals surface area contributed by atoms with Gasteiger partial charge in [-0.25, -0.2) is 12.8 Å². The fourth-order valence-electron chi connectivity index (χ4n) is 4.91. The monoisotopic (exact) mass is 572 g/mol. The summed E-state index contributed by atoms with van der Waals surface area (Å²) in [5.41, 5.74) is 3.63. The summed E-state index contributed by atoms with van der Waals surface area (Å²) in [6.07, 6.45) is 0. The van der Waals surface area contributed by atoms with Crippen molar-refractivity contribution in [2.24, 2.45) is 0 Å². The fourth-order valence-corrected chi connectivity index (χ4v) is 6.30. The third-order valence-electron chi connectivity index (χ3n) is 6.78. The van der Waals surface area contributed by atoms with Crippen molar-refractivity contribution >= 4 is 55.0 Å². The second-order valence-corrected chi connectivity index (χ2v) is 11.6. The van der Waals surface area contributed by atoms with Gasteiger partial charge in [0, 0.05) is 53.2 Å². The molecule has 0 spiro atoms. The van der Waals surface area contributed by atoms with Crippen molar-refractivity contribution in [2.45, 2.75) is 31.8 Å². The van der Waals surface area contributed by atoms with Crippen molar-refractivity contribution in [1.29, 1.82) is 0 Å². The van der Waals surface area contributed by atoms with Gasteiger partial charge in [0.25, 0.3) is 0 Å². The van der Waals surface area contributed by atoms with Crippen molar-refractivity contribution in [3.8, 4) is 0 Å². The number of amides is 2. The minimum atomic E-state index is -4.14. The van der Waals surface area contributed by atoms with Gasteiger partial charge >= 0.3 is 0 Å². The fraction of sp³-hybridized carbons (Fsp3) is 0.161. The van der Waals surface area contributed by atoms with Crippen LogP contribution in [0.4, 0.5) is 15.8 Å². The van der Waals surface area contributed by atoms with Gasteiger partial charge in [0.1, 0.15) is 5.82 Å². The van der Waals surface area contributed by atoms with Crippen LogP contribution < -0.4 is 10.6 Å². The first kappa shape index (κ1) is 28.0. The number of halogens is 1. The zero-order valence-electron chi connectivity index (χ0n) is 22.6. The molecule has 41 heavy (non-hydrogen) atoms. The maximum Gasteiger partial charge on any atom is 0.243 e. The Hall–Kier alpha value is -4.54. The largest absolute Gasteiger partial charge is 0.341 e. The number of carbonyl (C=O) groups is 2. The number of nitrogens with zero attached hydrogens (tertiary/aromatic N) is 2. The van der Waals surface area contributed by atoms with Crippen molar-refractivity contribution in [1.82, 2.24) is 8.87 Å². The second kappa shape index (κ2) is 11.5. The Balaban J connectivity index is 1.43. The first-order chi connectivity index (χ1) is 19.7. The average Bonchev–Trinajstić information content (AvgIpc) is 3.26. The lowest BCUT2D eigenvalue weighted by atomic mass is 10.1. The maximum atomic E-state index is 13.7. The van der Waals surface area contributed by atoms with Crippen molar-refractivity contribution in [2.75, 3.05) is 17.2 Å². The van der Waals surface area contributed by atoms with E-state index in [9.17, 15) is 22.4 Å². The number of hydrogen-bond acceptors (Lipinski definition) is 4. The predicted molar refractivity (Wildman–Crippen MR) is 158 cm³/mol. The lowest BCUT2D eigenvalue weighted by Gasteiger charge is -2.22. The number of hydrogen-bond donors (Lipinski definition) is 2. The van der Waals surface area contributed by atoms with Gasteiger partial charge in [-0.05, 0) is 73.2 Å². The van der Waals surface area contributed by atoms with E-state index in [-0.39, 0.29) is 17.3 Å². The van der Waals surface area contributed by atoms with Crippen molar-refractivity contribution in [3.05, 3.63) is 102 Å². The van der Waals surface area contributed by atoms with E-state index in [0.29, 0.717) is 16.9 Å². The number of aryl methyl sites for hydroxylation is 1. The quantitative estimate of drug-likeness (QED) is 0.235. The van der Waals surface area contributed by atoms with E-state index in [1.165, 1.54) is 55.5 Å². The summed E-state index contributed by atoms with van der Waals surface area (Å²) in [7, 11) is -4.14. The van der Waals surface area contributed by atoms with Crippen molar-refractivity contribution in [3.63, 3.8) is 0 Å². The van der Waals surface area contributed by atoms with Gasteiger partial charge in [-0.1, -0.05) is 30.3 Å². The molecular weight excluding hydrogens is 543 g/mol. The molecule has 0 saturated carbocycles. The van der Waals surface area contributed by atoms with Crippen LogP contribution in [-0.4, -0.2) is 35.6 Å². The molecule has 0 aliphatic heterocycles. The number of para-hydroxylation sites is 1.